The molecule has 0 bridgehead atoms. The quantitative estimate of drug-likeness (QED) is 0.720. The highest BCUT2D eigenvalue weighted by molar-refractivity contribution is 5.92. The van der Waals surface area contributed by atoms with Gasteiger partial charge in [-0.15, -0.1) is 0 Å². The van der Waals surface area contributed by atoms with Crippen LogP contribution in [0.2, 0.25) is 0 Å². The molecule has 0 spiro atoms. The number of benzene rings is 2. The summed E-state index contributed by atoms with van der Waals surface area (Å²) in [6.07, 6.45) is 3.33. The lowest BCUT2D eigenvalue weighted by Crippen LogP contribution is -2.35. The van der Waals surface area contributed by atoms with Gasteiger partial charge >= 0.3 is 0 Å². The molecule has 0 saturated carbocycles. The van der Waals surface area contributed by atoms with Crippen molar-refractivity contribution in [3.05, 3.63) is 70.1 Å². The van der Waals surface area contributed by atoms with E-state index in [0.717, 1.165) is 40.6 Å². The molecule has 6 nitrogen and oxygen atoms in total. The standard InChI is InChI=1S/C23H24N2O4/c1-15-12-20(26)22(13-24-15)29-14-23(27)25-11-5-8-19(25)17-9-10-21(28-2)18-7-4-3-6-16(17)18/h3-4,6-7,9-10,12-13,19H,5,8,11,14H2,1-2H3,(H,24,26)/t19-/m0/s1. The Morgan fingerprint density at radius 3 is 2.72 bits per heavy atom. The maximum atomic E-state index is 12.9. The Labute approximate surface area is 169 Å². The van der Waals surface area contributed by atoms with Crippen molar-refractivity contribution in [2.24, 2.45) is 0 Å². The molecule has 1 N–H and O–H groups in total. The molecule has 2 aromatic carbocycles. The van der Waals surface area contributed by atoms with Crippen LogP contribution in [-0.4, -0.2) is 36.1 Å². The first-order valence-corrected chi connectivity index (χ1v) is 9.75. The van der Waals surface area contributed by atoms with Gasteiger partial charge in [-0.05, 0) is 36.8 Å². The summed E-state index contributed by atoms with van der Waals surface area (Å²) in [5.74, 6) is 0.865. The number of rotatable bonds is 5. The van der Waals surface area contributed by atoms with Gasteiger partial charge in [-0.3, -0.25) is 9.59 Å². The number of carbonyl (C=O) groups excluding carboxylic acids is 1. The van der Waals surface area contributed by atoms with Crippen molar-refractivity contribution in [3.8, 4) is 11.5 Å². The lowest BCUT2D eigenvalue weighted by atomic mass is 9.96. The number of ether oxygens (including phenoxy) is 2. The number of carbonyl (C=O) groups is 1. The molecule has 1 aromatic heterocycles. The fourth-order valence-corrected chi connectivity index (χ4v) is 4.05. The highest BCUT2D eigenvalue weighted by atomic mass is 16.5. The fourth-order valence-electron chi connectivity index (χ4n) is 4.05. The van der Waals surface area contributed by atoms with Gasteiger partial charge in [0.1, 0.15) is 5.75 Å². The third-order valence-electron chi connectivity index (χ3n) is 5.44. The van der Waals surface area contributed by atoms with Crippen molar-refractivity contribution in [2.75, 3.05) is 20.3 Å². The van der Waals surface area contributed by atoms with Crippen LogP contribution in [0, 0.1) is 6.92 Å². The molecule has 1 atom stereocenters. The molecule has 0 unspecified atom stereocenters. The highest BCUT2D eigenvalue weighted by Crippen LogP contribution is 2.38. The van der Waals surface area contributed by atoms with E-state index in [4.69, 9.17) is 9.47 Å². The Hall–Kier alpha value is -3.28. The molecule has 1 saturated heterocycles. The molecule has 150 valence electrons. The summed E-state index contributed by atoms with van der Waals surface area (Å²) < 4.78 is 11.0. The molecule has 0 radical (unpaired) electrons. The second-order valence-corrected chi connectivity index (χ2v) is 7.28. The van der Waals surface area contributed by atoms with Crippen molar-refractivity contribution in [1.29, 1.82) is 0 Å². The van der Waals surface area contributed by atoms with Gasteiger partial charge < -0.3 is 19.4 Å². The zero-order valence-electron chi connectivity index (χ0n) is 16.6. The van der Waals surface area contributed by atoms with Crippen LogP contribution < -0.4 is 14.9 Å². The lowest BCUT2D eigenvalue weighted by Gasteiger charge is -2.26. The molecule has 29 heavy (non-hydrogen) atoms. The van der Waals surface area contributed by atoms with Crippen LogP contribution in [0.15, 0.2) is 53.5 Å². The summed E-state index contributed by atoms with van der Waals surface area (Å²) in [7, 11) is 1.66. The summed E-state index contributed by atoms with van der Waals surface area (Å²) in [6.45, 7) is 2.32. The zero-order chi connectivity index (χ0) is 20.4. The minimum atomic E-state index is -0.229. The number of H-pyrrole nitrogens is 1. The van der Waals surface area contributed by atoms with Gasteiger partial charge in [0.05, 0.1) is 13.2 Å². The second-order valence-electron chi connectivity index (χ2n) is 7.28. The normalized spacial score (nSPS) is 16.2. The minimum Gasteiger partial charge on any atom is -0.496 e. The minimum absolute atomic E-state index is 0.0155. The average Bonchev–Trinajstić information content (AvgIpc) is 3.22. The van der Waals surface area contributed by atoms with Crippen molar-refractivity contribution in [3.63, 3.8) is 0 Å². The van der Waals surface area contributed by atoms with Gasteiger partial charge in [-0.2, -0.15) is 0 Å². The number of nitrogens with zero attached hydrogens (tertiary/aromatic N) is 1. The molecule has 4 rings (SSSR count). The summed E-state index contributed by atoms with van der Waals surface area (Å²) in [5.41, 5.74) is 1.63. The molecular weight excluding hydrogens is 368 g/mol. The van der Waals surface area contributed by atoms with E-state index in [-0.39, 0.29) is 29.7 Å². The van der Waals surface area contributed by atoms with E-state index in [1.807, 2.05) is 35.2 Å². The van der Waals surface area contributed by atoms with E-state index < -0.39 is 0 Å². The van der Waals surface area contributed by atoms with Crippen LogP contribution >= 0.6 is 0 Å². The van der Waals surface area contributed by atoms with Gasteiger partial charge in [-0.1, -0.05) is 30.3 Å². The van der Waals surface area contributed by atoms with Gasteiger partial charge in [0.15, 0.2) is 12.4 Å². The van der Waals surface area contributed by atoms with E-state index in [2.05, 4.69) is 11.1 Å². The van der Waals surface area contributed by atoms with E-state index in [9.17, 15) is 9.59 Å². The number of amides is 1. The Kier molecular flexibility index (Phi) is 5.25. The van der Waals surface area contributed by atoms with Crippen molar-refractivity contribution >= 4 is 16.7 Å². The first kappa shape index (κ1) is 19.1. The topological polar surface area (TPSA) is 71.6 Å². The van der Waals surface area contributed by atoms with Gasteiger partial charge in [-0.25, -0.2) is 0 Å². The van der Waals surface area contributed by atoms with E-state index in [1.54, 1.807) is 14.0 Å². The maximum Gasteiger partial charge on any atom is 0.261 e. The Morgan fingerprint density at radius 1 is 1.17 bits per heavy atom. The molecule has 2 heterocycles. The number of nitrogens with one attached hydrogen (secondary N) is 1. The number of methoxy groups -OCH3 is 1. The van der Waals surface area contributed by atoms with Crippen molar-refractivity contribution in [2.45, 2.75) is 25.8 Å². The van der Waals surface area contributed by atoms with Gasteiger partial charge in [0.25, 0.3) is 5.91 Å². The molecule has 0 aliphatic carbocycles. The fraction of sp³-hybridized carbons (Fsp3) is 0.304. The number of hydrogen-bond donors (Lipinski definition) is 1. The Morgan fingerprint density at radius 2 is 1.97 bits per heavy atom. The first-order valence-electron chi connectivity index (χ1n) is 9.75. The molecular formula is C23H24N2O4. The van der Waals surface area contributed by atoms with E-state index >= 15 is 0 Å². The van der Waals surface area contributed by atoms with Gasteiger partial charge in [0, 0.05) is 29.9 Å². The summed E-state index contributed by atoms with van der Waals surface area (Å²) in [6, 6.07) is 13.5. The van der Waals surface area contributed by atoms with Crippen LogP contribution in [0.4, 0.5) is 0 Å². The molecule has 1 aliphatic rings. The predicted molar refractivity (Wildman–Crippen MR) is 111 cm³/mol. The van der Waals surface area contributed by atoms with Crippen LogP contribution in [0.25, 0.3) is 10.8 Å². The summed E-state index contributed by atoms with van der Waals surface area (Å²) >= 11 is 0. The Balaban J connectivity index is 1.57. The van der Waals surface area contributed by atoms with Crippen LogP contribution in [0.5, 0.6) is 11.5 Å². The molecule has 1 aliphatic heterocycles. The predicted octanol–water partition coefficient (Wildman–Crippen LogP) is 3.59. The number of aromatic amines is 1. The number of pyridine rings is 1. The van der Waals surface area contributed by atoms with E-state index in [1.165, 1.54) is 12.3 Å². The number of aromatic nitrogens is 1. The van der Waals surface area contributed by atoms with Crippen molar-refractivity contribution in [1.82, 2.24) is 9.88 Å². The summed E-state index contributed by atoms with van der Waals surface area (Å²) in [5, 5.41) is 2.13. The number of aryl methyl sites for hydroxylation is 1. The second kappa shape index (κ2) is 7.99. The third kappa shape index (κ3) is 3.70. The number of hydrogen-bond acceptors (Lipinski definition) is 4. The molecule has 3 aromatic rings. The average molecular weight is 392 g/mol. The SMILES string of the molecule is COc1ccc([C@@H]2CCCN2C(=O)COc2c[nH]c(C)cc2=O)c2ccccc12. The lowest BCUT2D eigenvalue weighted by molar-refractivity contribution is -0.134. The van der Waals surface area contributed by atoms with E-state index in [0.29, 0.717) is 6.54 Å². The molecule has 6 heteroatoms. The van der Waals surface area contributed by atoms with Crippen molar-refractivity contribution < 1.29 is 14.3 Å². The third-order valence-corrected chi connectivity index (χ3v) is 5.44. The first-order chi connectivity index (χ1) is 14.1. The maximum absolute atomic E-state index is 12.9. The number of likely N-dealkylation sites (tertiary alicyclic amines) is 1. The summed E-state index contributed by atoms with van der Waals surface area (Å²) in [4.78, 5) is 29.7. The number of fused-ring (bicyclic) bond motifs is 1. The highest BCUT2D eigenvalue weighted by Gasteiger charge is 2.31. The zero-order valence-corrected chi connectivity index (χ0v) is 16.6. The molecule has 1 amide bonds. The molecule has 1 fully saturated rings. The smallest absolute Gasteiger partial charge is 0.261 e. The largest absolute Gasteiger partial charge is 0.496 e. The van der Waals surface area contributed by atoms with Crippen LogP contribution in [0.3, 0.4) is 0 Å². The Bertz CT molecular complexity index is 1110. The monoisotopic (exact) mass is 392 g/mol. The van der Waals surface area contributed by atoms with Crippen LogP contribution in [0.1, 0.15) is 30.1 Å². The van der Waals surface area contributed by atoms with Crippen LogP contribution in [-0.2, 0) is 4.79 Å². The van der Waals surface area contributed by atoms with Gasteiger partial charge in [0.2, 0.25) is 5.43 Å².